The van der Waals surface area contributed by atoms with Crippen LogP contribution in [0.4, 0.5) is 0 Å². The second-order valence-electron chi connectivity index (χ2n) is 4.18. The molecule has 1 nitrogen and oxygen atoms in total. The summed E-state index contributed by atoms with van der Waals surface area (Å²) in [6.07, 6.45) is 4.33. The van der Waals surface area contributed by atoms with Crippen molar-refractivity contribution in [2.24, 2.45) is 0 Å². The van der Waals surface area contributed by atoms with Gasteiger partial charge in [0.15, 0.2) is 0 Å². The largest absolute Gasteiger partial charge is 0.493 e. The fourth-order valence-corrected chi connectivity index (χ4v) is 2.12. The summed E-state index contributed by atoms with van der Waals surface area (Å²) in [6.45, 7) is 2.90. The molecule has 82 valence electrons. The second kappa shape index (κ2) is 4.89. The van der Waals surface area contributed by atoms with Crippen molar-refractivity contribution in [3.05, 3.63) is 29.3 Å². The van der Waals surface area contributed by atoms with Crippen LogP contribution in [0, 0.1) is 0 Å². The van der Waals surface area contributed by atoms with Gasteiger partial charge in [-0.1, -0.05) is 18.2 Å². The Bertz CT molecular complexity index is 333. The van der Waals surface area contributed by atoms with Gasteiger partial charge in [-0.05, 0) is 43.7 Å². The molecule has 1 heterocycles. The zero-order chi connectivity index (χ0) is 10.7. The molecule has 2 heteroatoms. The first-order chi connectivity index (χ1) is 7.27. The van der Waals surface area contributed by atoms with E-state index in [0.717, 1.165) is 38.0 Å². The summed E-state index contributed by atoms with van der Waals surface area (Å²) in [5.41, 5.74) is 2.68. The fraction of sp³-hybridized carbons (Fsp3) is 0.538. The lowest BCUT2D eigenvalue weighted by Crippen LogP contribution is -2.10. The van der Waals surface area contributed by atoms with E-state index in [1.807, 2.05) is 6.92 Å². The summed E-state index contributed by atoms with van der Waals surface area (Å²) in [6, 6.07) is 6.45. The Morgan fingerprint density at radius 1 is 1.47 bits per heavy atom. The molecule has 15 heavy (non-hydrogen) atoms. The number of alkyl halides is 1. The molecule has 0 aliphatic carbocycles. The predicted molar refractivity (Wildman–Crippen MR) is 63.9 cm³/mol. The molecule has 1 aromatic carbocycles. The lowest BCUT2D eigenvalue weighted by atomic mass is 9.99. The number of benzene rings is 1. The molecule has 0 radical (unpaired) electrons. The zero-order valence-electron chi connectivity index (χ0n) is 9.13. The van der Waals surface area contributed by atoms with Crippen molar-refractivity contribution in [2.45, 2.75) is 38.0 Å². The average molecular weight is 225 g/mol. The second-order valence-corrected chi connectivity index (χ2v) is 4.92. The molecule has 1 aromatic rings. The smallest absolute Gasteiger partial charge is 0.125 e. The molecule has 0 bridgehead atoms. The molecular weight excluding hydrogens is 208 g/mol. The minimum Gasteiger partial charge on any atom is -0.493 e. The van der Waals surface area contributed by atoms with Crippen molar-refractivity contribution < 1.29 is 4.74 Å². The molecular formula is C13H17ClO. The van der Waals surface area contributed by atoms with Crippen LogP contribution < -0.4 is 4.74 Å². The highest BCUT2D eigenvalue weighted by Crippen LogP contribution is 2.30. The van der Waals surface area contributed by atoms with Gasteiger partial charge in [0.2, 0.25) is 0 Å². The van der Waals surface area contributed by atoms with E-state index in [1.165, 1.54) is 11.1 Å². The number of para-hydroxylation sites is 1. The highest BCUT2D eigenvalue weighted by molar-refractivity contribution is 6.20. The minimum atomic E-state index is 0.240. The Morgan fingerprint density at radius 3 is 3.13 bits per heavy atom. The van der Waals surface area contributed by atoms with E-state index in [4.69, 9.17) is 16.3 Å². The normalized spacial score (nSPS) is 16.7. The van der Waals surface area contributed by atoms with Gasteiger partial charge in [0.05, 0.1) is 6.61 Å². The van der Waals surface area contributed by atoms with E-state index in [9.17, 15) is 0 Å². The van der Waals surface area contributed by atoms with Crippen LogP contribution in [0.25, 0.3) is 0 Å². The molecule has 0 amide bonds. The van der Waals surface area contributed by atoms with E-state index in [1.54, 1.807) is 0 Å². The van der Waals surface area contributed by atoms with Crippen LogP contribution in [0.2, 0.25) is 0 Å². The van der Waals surface area contributed by atoms with Crippen molar-refractivity contribution in [3.8, 4) is 5.75 Å². The van der Waals surface area contributed by atoms with Gasteiger partial charge in [0, 0.05) is 5.38 Å². The fourth-order valence-electron chi connectivity index (χ4n) is 2.01. The highest BCUT2D eigenvalue weighted by atomic mass is 35.5. The van der Waals surface area contributed by atoms with Crippen molar-refractivity contribution in [2.75, 3.05) is 6.61 Å². The van der Waals surface area contributed by atoms with Gasteiger partial charge in [-0.2, -0.15) is 0 Å². The van der Waals surface area contributed by atoms with Crippen LogP contribution in [0.1, 0.15) is 30.9 Å². The number of aryl methyl sites for hydroxylation is 2. The van der Waals surface area contributed by atoms with Crippen LogP contribution in [0.15, 0.2) is 18.2 Å². The summed E-state index contributed by atoms with van der Waals surface area (Å²) in [5, 5.41) is 0.240. The topological polar surface area (TPSA) is 9.23 Å². The number of fused-ring (bicyclic) bond motifs is 1. The number of halogens is 1. The molecule has 1 aliphatic heterocycles. The van der Waals surface area contributed by atoms with E-state index in [0.29, 0.717) is 0 Å². The lowest BCUT2D eigenvalue weighted by molar-refractivity contribution is 0.285. The van der Waals surface area contributed by atoms with Crippen LogP contribution >= 0.6 is 11.6 Å². The first-order valence-electron chi connectivity index (χ1n) is 5.65. The molecule has 0 aromatic heterocycles. The van der Waals surface area contributed by atoms with E-state index in [-0.39, 0.29) is 5.38 Å². The van der Waals surface area contributed by atoms with Crippen molar-refractivity contribution in [3.63, 3.8) is 0 Å². The molecule has 0 N–H and O–H groups in total. The Balaban J connectivity index is 2.16. The molecule has 0 spiro atoms. The molecule has 0 saturated carbocycles. The molecule has 2 rings (SSSR count). The Hall–Kier alpha value is -0.690. The summed E-state index contributed by atoms with van der Waals surface area (Å²) < 4.78 is 5.74. The summed E-state index contributed by atoms with van der Waals surface area (Å²) >= 11 is 5.97. The van der Waals surface area contributed by atoms with Gasteiger partial charge in [-0.25, -0.2) is 0 Å². The Labute approximate surface area is 96.4 Å². The van der Waals surface area contributed by atoms with Crippen molar-refractivity contribution >= 4 is 11.6 Å². The van der Waals surface area contributed by atoms with Gasteiger partial charge in [0.25, 0.3) is 0 Å². The lowest BCUT2D eigenvalue weighted by Gasteiger charge is -2.20. The first-order valence-corrected chi connectivity index (χ1v) is 6.08. The molecule has 1 aliphatic rings. The van der Waals surface area contributed by atoms with Gasteiger partial charge in [-0.3, -0.25) is 0 Å². The Kier molecular flexibility index (Phi) is 3.53. The van der Waals surface area contributed by atoms with Crippen LogP contribution in [0.5, 0.6) is 5.75 Å². The van der Waals surface area contributed by atoms with Crippen LogP contribution in [0.3, 0.4) is 0 Å². The average Bonchev–Trinajstić information content (AvgIpc) is 2.26. The zero-order valence-corrected chi connectivity index (χ0v) is 9.89. The summed E-state index contributed by atoms with van der Waals surface area (Å²) in [5.74, 6) is 1.13. The van der Waals surface area contributed by atoms with E-state index < -0.39 is 0 Å². The van der Waals surface area contributed by atoms with Crippen LogP contribution in [-0.4, -0.2) is 12.0 Å². The summed E-state index contributed by atoms with van der Waals surface area (Å²) in [4.78, 5) is 0. The van der Waals surface area contributed by atoms with E-state index in [2.05, 4.69) is 18.2 Å². The van der Waals surface area contributed by atoms with E-state index >= 15 is 0 Å². The predicted octanol–water partition coefficient (Wildman–Crippen LogP) is 3.57. The molecule has 0 fully saturated rings. The van der Waals surface area contributed by atoms with Gasteiger partial charge in [-0.15, -0.1) is 11.6 Å². The maximum atomic E-state index is 5.97. The van der Waals surface area contributed by atoms with Gasteiger partial charge < -0.3 is 4.74 Å². The first kappa shape index (κ1) is 10.8. The quantitative estimate of drug-likeness (QED) is 0.714. The number of rotatable bonds is 3. The van der Waals surface area contributed by atoms with Gasteiger partial charge in [0.1, 0.15) is 5.75 Å². The monoisotopic (exact) mass is 224 g/mol. The van der Waals surface area contributed by atoms with Crippen molar-refractivity contribution in [1.82, 2.24) is 0 Å². The summed E-state index contributed by atoms with van der Waals surface area (Å²) in [7, 11) is 0. The Morgan fingerprint density at radius 2 is 2.33 bits per heavy atom. The number of hydrogen-bond donors (Lipinski definition) is 0. The van der Waals surface area contributed by atoms with Crippen molar-refractivity contribution in [1.29, 1.82) is 0 Å². The third-order valence-electron chi connectivity index (χ3n) is 2.83. The standard InChI is InChI=1S/C13H17ClO/c1-10(14)7-8-12-5-2-4-11-6-3-9-15-13(11)12/h2,4-5,10H,3,6-9H2,1H3. The van der Waals surface area contributed by atoms with Gasteiger partial charge >= 0.3 is 0 Å². The molecule has 1 unspecified atom stereocenters. The maximum Gasteiger partial charge on any atom is 0.125 e. The third kappa shape index (κ3) is 2.66. The third-order valence-corrected chi connectivity index (χ3v) is 3.04. The highest BCUT2D eigenvalue weighted by Gasteiger charge is 2.14. The van der Waals surface area contributed by atoms with Crippen LogP contribution in [-0.2, 0) is 12.8 Å². The maximum absolute atomic E-state index is 5.97. The SMILES string of the molecule is CC(Cl)CCc1cccc2c1OCCC2. The molecule has 1 atom stereocenters. The minimum absolute atomic E-state index is 0.240. The molecule has 0 saturated heterocycles. The number of ether oxygens (including phenoxy) is 1. The number of hydrogen-bond acceptors (Lipinski definition) is 1.